The Bertz CT molecular complexity index is 946. The number of carbonyl (C=O) groups is 1. The molecule has 6 nitrogen and oxygen atoms in total. The molecular formula is C29H35NO5. The number of nitrogens with zero attached hydrogens (tertiary/aromatic N) is 1. The summed E-state index contributed by atoms with van der Waals surface area (Å²) in [6.45, 7) is 3.10. The van der Waals surface area contributed by atoms with Gasteiger partial charge in [0.1, 0.15) is 17.2 Å². The van der Waals surface area contributed by atoms with E-state index in [1.54, 1.807) is 21.3 Å². The van der Waals surface area contributed by atoms with Crippen molar-refractivity contribution in [2.45, 2.75) is 18.8 Å². The summed E-state index contributed by atoms with van der Waals surface area (Å²) in [5.74, 6) is 2.17. The van der Waals surface area contributed by atoms with Gasteiger partial charge in [-0.3, -0.25) is 9.69 Å². The summed E-state index contributed by atoms with van der Waals surface area (Å²) < 4.78 is 21.4. The number of benzene rings is 3. The zero-order chi connectivity index (χ0) is 25.3. The van der Waals surface area contributed by atoms with E-state index in [-0.39, 0.29) is 12.5 Å². The van der Waals surface area contributed by atoms with Crippen LogP contribution in [0.3, 0.4) is 0 Å². The third-order valence-corrected chi connectivity index (χ3v) is 6.32. The molecule has 0 aliphatic carbocycles. The highest BCUT2D eigenvalue weighted by Gasteiger charge is 2.36. The lowest BCUT2D eigenvalue weighted by molar-refractivity contribution is -0.144. The lowest BCUT2D eigenvalue weighted by Crippen LogP contribution is -2.36. The van der Waals surface area contributed by atoms with Crippen molar-refractivity contribution in [3.63, 3.8) is 0 Å². The number of methoxy groups -OCH3 is 3. The molecule has 0 amide bonds. The van der Waals surface area contributed by atoms with Crippen molar-refractivity contribution in [2.24, 2.45) is 0 Å². The predicted molar refractivity (Wildman–Crippen MR) is 138 cm³/mol. The fourth-order valence-electron chi connectivity index (χ4n) is 4.42. The van der Waals surface area contributed by atoms with Crippen molar-refractivity contribution in [1.29, 1.82) is 0 Å². The minimum absolute atomic E-state index is 0.223. The van der Waals surface area contributed by atoms with Gasteiger partial charge >= 0.3 is 5.97 Å². The quantitative estimate of drug-likeness (QED) is 0.272. The maximum atomic E-state index is 12.1. The Morgan fingerprint density at radius 1 is 0.714 bits per heavy atom. The van der Waals surface area contributed by atoms with Crippen LogP contribution in [-0.4, -0.2) is 58.9 Å². The van der Waals surface area contributed by atoms with Gasteiger partial charge in [-0.2, -0.15) is 0 Å². The molecule has 0 atom stereocenters. The molecule has 35 heavy (non-hydrogen) atoms. The van der Waals surface area contributed by atoms with Crippen LogP contribution in [0.2, 0.25) is 0 Å². The highest BCUT2D eigenvalue weighted by molar-refractivity contribution is 5.71. The summed E-state index contributed by atoms with van der Waals surface area (Å²) in [6.07, 6.45) is 0.730. The molecule has 186 valence electrons. The van der Waals surface area contributed by atoms with Gasteiger partial charge in [-0.15, -0.1) is 0 Å². The summed E-state index contributed by atoms with van der Waals surface area (Å²) in [4.78, 5) is 14.1. The molecule has 0 saturated carbocycles. The minimum atomic E-state index is -0.492. The van der Waals surface area contributed by atoms with E-state index in [9.17, 15) is 4.79 Å². The largest absolute Gasteiger partial charge is 0.497 e. The number of hydrogen-bond acceptors (Lipinski definition) is 6. The van der Waals surface area contributed by atoms with Crippen molar-refractivity contribution >= 4 is 5.97 Å². The Labute approximate surface area is 208 Å². The first kappa shape index (κ1) is 26.1. The molecule has 0 saturated heterocycles. The van der Waals surface area contributed by atoms with Crippen molar-refractivity contribution in [1.82, 2.24) is 4.90 Å². The van der Waals surface area contributed by atoms with Crippen LogP contribution in [0, 0.1) is 0 Å². The van der Waals surface area contributed by atoms with Gasteiger partial charge < -0.3 is 18.9 Å². The number of carbonyl (C=O) groups excluding carboxylic acids is 1. The van der Waals surface area contributed by atoms with Crippen LogP contribution in [0.4, 0.5) is 0 Å². The highest BCUT2D eigenvalue weighted by atomic mass is 16.5. The van der Waals surface area contributed by atoms with E-state index in [0.29, 0.717) is 13.2 Å². The Kier molecular flexibility index (Phi) is 9.15. The molecule has 3 rings (SSSR count). The van der Waals surface area contributed by atoms with E-state index < -0.39 is 5.41 Å². The van der Waals surface area contributed by atoms with Crippen LogP contribution >= 0.6 is 0 Å². The Morgan fingerprint density at radius 3 is 1.40 bits per heavy atom. The molecule has 0 aromatic heterocycles. The SMILES string of the molecule is CCOC(=O)CN(C)CCC(c1ccc(OC)cc1)(c1ccc(OC)cc1)c1ccc(OC)cc1. The fraction of sp³-hybridized carbons (Fsp3) is 0.345. The number of esters is 1. The number of rotatable bonds is 12. The van der Waals surface area contributed by atoms with E-state index in [2.05, 4.69) is 36.4 Å². The van der Waals surface area contributed by atoms with Crippen molar-refractivity contribution in [2.75, 3.05) is 48.1 Å². The van der Waals surface area contributed by atoms with Crippen molar-refractivity contribution in [3.8, 4) is 17.2 Å². The van der Waals surface area contributed by atoms with Gasteiger partial charge in [-0.25, -0.2) is 0 Å². The van der Waals surface area contributed by atoms with Gasteiger partial charge in [0.2, 0.25) is 0 Å². The van der Waals surface area contributed by atoms with Gasteiger partial charge in [0.25, 0.3) is 0 Å². The molecule has 0 N–H and O–H groups in total. The topological polar surface area (TPSA) is 57.2 Å². The van der Waals surface area contributed by atoms with E-state index in [1.807, 2.05) is 55.3 Å². The zero-order valence-corrected chi connectivity index (χ0v) is 21.2. The predicted octanol–water partition coefficient (Wildman–Crippen LogP) is 4.93. The number of ether oxygens (including phenoxy) is 4. The normalized spacial score (nSPS) is 11.3. The Morgan fingerprint density at radius 2 is 1.09 bits per heavy atom. The molecule has 0 heterocycles. The standard InChI is InChI=1S/C29H35NO5/c1-6-35-28(31)21-30(2)20-19-29(22-7-13-25(32-3)14-8-22,23-9-15-26(33-4)16-10-23)24-11-17-27(34-5)18-12-24/h7-18H,6,19-21H2,1-5H3. The second kappa shape index (κ2) is 12.3. The van der Waals surface area contributed by atoms with Gasteiger partial charge in [0.15, 0.2) is 0 Å². The van der Waals surface area contributed by atoms with E-state index >= 15 is 0 Å². The van der Waals surface area contributed by atoms with Gasteiger partial charge in [-0.05, 0) is 80.0 Å². The lowest BCUT2D eigenvalue weighted by atomic mass is 9.67. The average molecular weight is 478 g/mol. The molecule has 0 fully saturated rings. The summed E-state index contributed by atoms with van der Waals surface area (Å²) in [6, 6.07) is 24.6. The first-order valence-electron chi connectivity index (χ1n) is 11.7. The molecular weight excluding hydrogens is 442 g/mol. The first-order chi connectivity index (χ1) is 17.0. The summed E-state index contributed by atoms with van der Waals surface area (Å²) in [7, 11) is 6.94. The highest BCUT2D eigenvalue weighted by Crippen LogP contribution is 2.43. The molecule has 3 aromatic rings. The molecule has 0 spiro atoms. The first-order valence-corrected chi connectivity index (χ1v) is 11.7. The summed E-state index contributed by atoms with van der Waals surface area (Å²) >= 11 is 0. The average Bonchev–Trinajstić information content (AvgIpc) is 2.90. The van der Waals surface area contributed by atoms with Crippen LogP contribution in [0.15, 0.2) is 72.8 Å². The van der Waals surface area contributed by atoms with Gasteiger partial charge in [-0.1, -0.05) is 36.4 Å². The van der Waals surface area contributed by atoms with Crippen LogP contribution in [0.25, 0.3) is 0 Å². The minimum Gasteiger partial charge on any atom is -0.497 e. The number of hydrogen-bond donors (Lipinski definition) is 0. The summed E-state index contributed by atoms with van der Waals surface area (Å²) in [5, 5.41) is 0. The monoisotopic (exact) mass is 477 g/mol. The van der Waals surface area contributed by atoms with Crippen molar-refractivity contribution < 1.29 is 23.7 Å². The smallest absolute Gasteiger partial charge is 0.320 e. The van der Waals surface area contributed by atoms with Crippen LogP contribution in [-0.2, 0) is 14.9 Å². The summed E-state index contributed by atoms with van der Waals surface area (Å²) in [5.41, 5.74) is 2.88. The maximum absolute atomic E-state index is 12.1. The fourth-order valence-corrected chi connectivity index (χ4v) is 4.42. The molecule has 0 aliphatic rings. The second-order valence-corrected chi connectivity index (χ2v) is 8.38. The van der Waals surface area contributed by atoms with Crippen LogP contribution < -0.4 is 14.2 Å². The third kappa shape index (κ3) is 6.14. The van der Waals surface area contributed by atoms with E-state index in [0.717, 1.165) is 40.4 Å². The Hall–Kier alpha value is -3.51. The van der Waals surface area contributed by atoms with Gasteiger partial charge in [0, 0.05) is 5.41 Å². The van der Waals surface area contributed by atoms with Crippen LogP contribution in [0.5, 0.6) is 17.2 Å². The number of likely N-dealkylation sites (N-methyl/N-ethyl adjacent to an activating group) is 1. The van der Waals surface area contributed by atoms with E-state index in [1.165, 1.54) is 0 Å². The lowest BCUT2D eigenvalue weighted by Gasteiger charge is -2.37. The Balaban J connectivity index is 2.13. The molecule has 0 radical (unpaired) electrons. The van der Waals surface area contributed by atoms with Gasteiger partial charge in [0.05, 0.1) is 34.5 Å². The maximum Gasteiger partial charge on any atom is 0.320 e. The molecule has 0 unspecified atom stereocenters. The second-order valence-electron chi connectivity index (χ2n) is 8.38. The zero-order valence-electron chi connectivity index (χ0n) is 21.2. The third-order valence-electron chi connectivity index (χ3n) is 6.32. The van der Waals surface area contributed by atoms with Crippen LogP contribution in [0.1, 0.15) is 30.0 Å². The molecule has 6 heteroatoms. The molecule has 0 aliphatic heterocycles. The van der Waals surface area contributed by atoms with Crippen molar-refractivity contribution in [3.05, 3.63) is 89.5 Å². The molecule has 3 aromatic carbocycles. The van der Waals surface area contributed by atoms with E-state index in [4.69, 9.17) is 18.9 Å². The molecule has 0 bridgehead atoms.